The summed E-state index contributed by atoms with van der Waals surface area (Å²) >= 11 is 17.5. The predicted molar refractivity (Wildman–Crippen MR) is 95.3 cm³/mol. The predicted octanol–water partition coefficient (Wildman–Crippen LogP) is 2.29. The van der Waals surface area contributed by atoms with Crippen molar-refractivity contribution in [2.45, 2.75) is 13.5 Å². The van der Waals surface area contributed by atoms with Crippen molar-refractivity contribution in [3.05, 3.63) is 43.9 Å². The number of anilines is 1. The quantitative estimate of drug-likeness (QED) is 0.351. The summed E-state index contributed by atoms with van der Waals surface area (Å²) in [4.78, 5) is 19.8. The van der Waals surface area contributed by atoms with E-state index in [1.807, 2.05) is 0 Å². The largest absolute Gasteiger partial charge is 0.505 e. The van der Waals surface area contributed by atoms with E-state index in [0.717, 1.165) is 6.21 Å². The summed E-state index contributed by atoms with van der Waals surface area (Å²) in [6, 6.07) is 0. The van der Waals surface area contributed by atoms with Crippen LogP contribution in [0.5, 0.6) is 5.75 Å². The first kappa shape index (κ1) is 19.2. The highest BCUT2D eigenvalue weighted by Gasteiger charge is 2.19. The second-order valence-corrected chi connectivity index (χ2v) is 5.90. The third-order valence-corrected chi connectivity index (χ3v) is 4.31. The van der Waals surface area contributed by atoms with Crippen LogP contribution in [0.15, 0.2) is 11.3 Å². The lowest BCUT2D eigenvalue weighted by Gasteiger charge is -2.08. The van der Waals surface area contributed by atoms with Gasteiger partial charge in [0.25, 0.3) is 5.91 Å². The molecule has 132 valence electrons. The van der Waals surface area contributed by atoms with Gasteiger partial charge in [0.05, 0.1) is 29.2 Å². The Kier molecular flexibility index (Phi) is 6.02. The van der Waals surface area contributed by atoms with Crippen LogP contribution in [0.2, 0.25) is 15.2 Å². The first-order chi connectivity index (χ1) is 11.8. The molecule has 0 aliphatic heterocycles. The Balaban J connectivity index is 2.27. The molecule has 0 atom stereocenters. The highest BCUT2D eigenvalue weighted by atomic mass is 35.5. The van der Waals surface area contributed by atoms with Crippen LogP contribution < -0.4 is 11.2 Å². The zero-order valence-electron chi connectivity index (χ0n) is 12.7. The fourth-order valence-electron chi connectivity index (χ4n) is 1.81. The van der Waals surface area contributed by atoms with Crippen LogP contribution in [-0.2, 0) is 6.61 Å². The number of aromatic nitrogens is 2. The van der Waals surface area contributed by atoms with Gasteiger partial charge in [0.15, 0.2) is 10.8 Å². The summed E-state index contributed by atoms with van der Waals surface area (Å²) in [7, 11) is 0. The second kappa shape index (κ2) is 7.83. The molecule has 0 aromatic carbocycles. The van der Waals surface area contributed by atoms with Crippen LogP contribution in [0, 0.1) is 6.92 Å². The summed E-state index contributed by atoms with van der Waals surface area (Å²) in [5.74, 6) is -0.957. The molecule has 0 aliphatic rings. The monoisotopic (exact) mass is 403 g/mol. The van der Waals surface area contributed by atoms with E-state index in [0.29, 0.717) is 11.3 Å². The Morgan fingerprint density at radius 1 is 1.40 bits per heavy atom. The van der Waals surface area contributed by atoms with Crippen LogP contribution in [0.3, 0.4) is 0 Å². The number of nitrogen functional groups attached to an aromatic ring is 1. The van der Waals surface area contributed by atoms with Crippen molar-refractivity contribution < 1.29 is 15.0 Å². The first-order valence-corrected chi connectivity index (χ1v) is 7.83. The maximum Gasteiger partial charge on any atom is 0.291 e. The Morgan fingerprint density at radius 2 is 2.08 bits per heavy atom. The third kappa shape index (κ3) is 3.93. The van der Waals surface area contributed by atoms with Gasteiger partial charge in [-0.15, -0.1) is 0 Å². The average Bonchev–Trinajstić information content (AvgIpc) is 2.59. The van der Waals surface area contributed by atoms with E-state index in [1.54, 1.807) is 6.92 Å². The van der Waals surface area contributed by atoms with Crippen LogP contribution >= 0.6 is 34.8 Å². The number of pyridine rings is 2. The first-order valence-electron chi connectivity index (χ1n) is 6.69. The van der Waals surface area contributed by atoms with Gasteiger partial charge in [0.2, 0.25) is 0 Å². The molecule has 2 aromatic rings. The van der Waals surface area contributed by atoms with Gasteiger partial charge in [-0.05, 0) is 6.92 Å². The molecular weight excluding hydrogens is 393 g/mol. The number of hydrogen-bond donors (Lipinski definition) is 4. The van der Waals surface area contributed by atoms with Crippen molar-refractivity contribution in [1.29, 1.82) is 0 Å². The molecule has 25 heavy (non-hydrogen) atoms. The highest BCUT2D eigenvalue weighted by molar-refractivity contribution is 6.46. The molecule has 0 saturated heterocycles. The van der Waals surface area contributed by atoms with E-state index in [1.165, 1.54) is 6.20 Å². The minimum Gasteiger partial charge on any atom is -0.505 e. The van der Waals surface area contributed by atoms with E-state index in [-0.39, 0.29) is 44.5 Å². The molecule has 5 N–H and O–H groups in total. The summed E-state index contributed by atoms with van der Waals surface area (Å²) in [5, 5.41) is 22.6. The number of halogens is 3. The molecule has 0 unspecified atom stereocenters. The normalized spacial score (nSPS) is 11.1. The molecule has 0 bridgehead atoms. The molecule has 0 spiro atoms. The summed E-state index contributed by atoms with van der Waals surface area (Å²) in [6.07, 6.45) is 2.54. The number of aryl methyl sites for hydroxylation is 1. The molecule has 0 aliphatic carbocycles. The zero-order valence-corrected chi connectivity index (χ0v) is 15.0. The fraction of sp³-hybridized carbons (Fsp3) is 0.143. The molecule has 0 radical (unpaired) electrons. The number of aliphatic hydroxyl groups excluding tert-OH is 1. The molecule has 2 rings (SSSR count). The smallest absolute Gasteiger partial charge is 0.291 e. The Hall–Kier alpha value is -2.13. The lowest BCUT2D eigenvalue weighted by Crippen LogP contribution is -2.20. The Labute approximate surface area is 157 Å². The molecule has 11 heteroatoms. The van der Waals surface area contributed by atoms with Crippen molar-refractivity contribution in [2.24, 2.45) is 5.10 Å². The van der Waals surface area contributed by atoms with Crippen molar-refractivity contribution >= 4 is 52.6 Å². The molecule has 8 nitrogen and oxygen atoms in total. The number of aliphatic hydroxyl groups is 1. The number of hydrogen-bond acceptors (Lipinski definition) is 7. The molecular formula is C14H12Cl3N5O3. The van der Waals surface area contributed by atoms with E-state index < -0.39 is 5.91 Å². The molecule has 2 aromatic heterocycles. The van der Waals surface area contributed by atoms with Crippen LogP contribution in [0.4, 0.5) is 5.69 Å². The van der Waals surface area contributed by atoms with Gasteiger partial charge in [-0.1, -0.05) is 34.8 Å². The van der Waals surface area contributed by atoms with Crippen molar-refractivity contribution in [3.63, 3.8) is 0 Å². The molecule has 2 heterocycles. The van der Waals surface area contributed by atoms with Crippen molar-refractivity contribution in [1.82, 2.24) is 15.4 Å². The maximum absolute atomic E-state index is 12.1. The number of aromatic hydroxyl groups is 1. The van der Waals surface area contributed by atoms with Gasteiger partial charge in [-0.3, -0.25) is 9.78 Å². The molecule has 0 saturated carbocycles. The number of rotatable bonds is 4. The second-order valence-electron chi connectivity index (χ2n) is 4.78. The van der Waals surface area contributed by atoms with Gasteiger partial charge in [-0.25, -0.2) is 10.4 Å². The molecule has 0 fully saturated rings. The topological polar surface area (TPSA) is 134 Å². The maximum atomic E-state index is 12.1. The van der Waals surface area contributed by atoms with Gasteiger partial charge in [-0.2, -0.15) is 5.10 Å². The van der Waals surface area contributed by atoms with E-state index in [9.17, 15) is 15.0 Å². The van der Waals surface area contributed by atoms with Crippen LogP contribution in [-0.4, -0.2) is 32.3 Å². The van der Waals surface area contributed by atoms with Crippen LogP contribution in [0.1, 0.15) is 27.3 Å². The number of carbonyl (C=O) groups is 1. The lowest BCUT2D eigenvalue weighted by atomic mass is 10.1. The number of amides is 1. The van der Waals surface area contributed by atoms with Crippen molar-refractivity contribution in [3.8, 4) is 5.75 Å². The Morgan fingerprint density at radius 3 is 2.72 bits per heavy atom. The Bertz CT molecular complexity index is 874. The summed E-state index contributed by atoms with van der Waals surface area (Å²) in [6.45, 7) is 1.21. The third-order valence-electron chi connectivity index (χ3n) is 3.17. The standard InChI is InChI=1S/C14H12Cl3N5O3/c1-5-12(24)7(6(4-23)2-19-5)3-20-22-14(25)11-8(15)10(18)9(16)13(17)21-11/h2-3,23-24H,4H2,1H3,(H2,18,21)(H,22,25)/b20-3+. The minimum absolute atomic E-state index is 0.0588. The zero-order chi connectivity index (χ0) is 18.7. The number of nitrogens with one attached hydrogen (secondary N) is 1. The van der Waals surface area contributed by atoms with Crippen molar-refractivity contribution in [2.75, 3.05) is 5.73 Å². The van der Waals surface area contributed by atoms with E-state index in [2.05, 4.69) is 20.5 Å². The molecule has 1 amide bonds. The summed E-state index contributed by atoms with van der Waals surface area (Å²) < 4.78 is 0. The number of nitrogens with two attached hydrogens (primary N) is 1. The minimum atomic E-state index is -0.790. The van der Waals surface area contributed by atoms with Gasteiger partial charge < -0.3 is 15.9 Å². The SMILES string of the molecule is Cc1ncc(CO)c(/C=N/NC(=O)c2nc(Cl)c(Cl)c(N)c2Cl)c1O. The number of hydrazone groups is 1. The highest BCUT2D eigenvalue weighted by Crippen LogP contribution is 2.34. The van der Waals surface area contributed by atoms with Gasteiger partial charge in [0.1, 0.15) is 10.8 Å². The average molecular weight is 405 g/mol. The van der Waals surface area contributed by atoms with Gasteiger partial charge >= 0.3 is 0 Å². The summed E-state index contributed by atoms with van der Waals surface area (Å²) in [5.41, 5.74) is 8.35. The fourth-order valence-corrected chi connectivity index (χ4v) is 2.41. The van der Waals surface area contributed by atoms with E-state index in [4.69, 9.17) is 40.5 Å². The van der Waals surface area contributed by atoms with E-state index >= 15 is 0 Å². The number of carbonyl (C=O) groups excluding carboxylic acids is 1. The number of nitrogens with zero attached hydrogens (tertiary/aromatic N) is 3. The van der Waals surface area contributed by atoms with Crippen LogP contribution in [0.25, 0.3) is 0 Å². The lowest BCUT2D eigenvalue weighted by molar-refractivity contribution is 0.0950. The van der Waals surface area contributed by atoms with Gasteiger partial charge in [0, 0.05) is 17.3 Å².